The summed E-state index contributed by atoms with van der Waals surface area (Å²) in [5, 5.41) is 0. The number of ether oxygens (including phenoxy) is 2. The van der Waals surface area contributed by atoms with Crippen molar-refractivity contribution >= 4 is 23.8 Å². The maximum absolute atomic E-state index is 12.2. The second-order valence-corrected chi connectivity index (χ2v) is 4.99. The molecule has 0 heterocycles. The molecule has 0 bridgehead atoms. The van der Waals surface area contributed by atoms with Crippen LogP contribution in [0.4, 0.5) is 0 Å². The topological polar surface area (TPSA) is 69.7 Å². The highest BCUT2D eigenvalue weighted by molar-refractivity contribution is 5.95. The number of esters is 2. The quantitative estimate of drug-likeness (QED) is 0.479. The molecule has 0 spiro atoms. The number of hydrogen-bond acceptors (Lipinski definition) is 5. The summed E-state index contributed by atoms with van der Waals surface area (Å²) in [7, 11) is 0. The number of allylic oxidation sites excluding steroid dienone is 1. The minimum Gasteiger partial charge on any atom is -0.426 e. The predicted molar refractivity (Wildman–Crippen MR) is 88.9 cm³/mol. The molecule has 2 aromatic carbocycles. The Kier molecular flexibility index (Phi) is 5.63. The molecule has 0 saturated heterocycles. The fourth-order valence-electron chi connectivity index (χ4n) is 1.90. The Labute approximate surface area is 139 Å². The highest BCUT2D eigenvalue weighted by Crippen LogP contribution is 2.21. The lowest BCUT2D eigenvalue weighted by Crippen LogP contribution is -2.12. The van der Waals surface area contributed by atoms with Crippen molar-refractivity contribution in [3.05, 3.63) is 65.7 Å². The van der Waals surface area contributed by atoms with Gasteiger partial charge >= 0.3 is 11.9 Å². The van der Waals surface area contributed by atoms with Gasteiger partial charge in [0.1, 0.15) is 17.1 Å². The zero-order valence-corrected chi connectivity index (χ0v) is 13.3. The molecule has 0 atom stereocenters. The molecule has 0 aromatic heterocycles. The molecule has 2 rings (SSSR count). The van der Waals surface area contributed by atoms with E-state index in [4.69, 9.17) is 9.47 Å². The molecular formula is C19H16O5. The SMILES string of the molecule is CC(=O)/C=C/c1ccc(OC(=O)c2ccccc2OC(C)=O)cc1. The van der Waals surface area contributed by atoms with E-state index < -0.39 is 11.9 Å². The molecule has 0 radical (unpaired) electrons. The van der Waals surface area contributed by atoms with E-state index in [1.165, 1.54) is 32.1 Å². The van der Waals surface area contributed by atoms with Crippen LogP contribution in [-0.4, -0.2) is 17.7 Å². The summed E-state index contributed by atoms with van der Waals surface area (Å²) in [6.45, 7) is 2.72. The summed E-state index contributed by atoms with van der Waals surface area (Å²) >= 11 is 0. The Bertz CT molecular complexity index is 788. The fraction of sp³-hybridized carbons (Fsp3) is 0.105. The lowest BCUT2D eigenvalue weighted by Gasteiger charge is -2.08. The molecule has 5 heteroatoms. The zero-order chi connectivity index (χ0) is 17.5. The number of benzene rings is 2. The molecule has 0 saturated carbocycles. The second-order valence-electron chi connectivity index (χ2n) is 4.99. The van der Waals surface area contributed by atoms with Crippen molar-refractivity contribution in [2.45, 2.75) is 13.8 Å². The van der Waals surface area contributed by atoms with Crippen LogP contribution in [0.5, 0.6) is 11.5 Å². The summed E-state index contributed by atoms with van der Waals surface area (Å²) in [6.07, 6.45) is 3.13. The van der Waals surface area contributed by atoms with Crippen LogP contribution in [0.15, 0.2) is 54.6 Å². The van der Waals surface area contributed by atoms with Crippen LogP contribution in [0.2, 0.25) is 0 Å². The third kappa shape index (κ3) is 4.91. The molecular weight excluding hydrogens is 308 g/mol. The van der Waals surface area contributed by atoms with Crippen molar-refractivity contribution in [2.24, 2.45) is 0 Å². The summed E-state index contributed by atoms with van der Waals surface area (Å²) in [5.41, 5.74) is 0.971. The molecule has 0 aliphatic carbocycles. The standard InChI is InChI=1S/C19H16O5/c1-13(20)7-8-15-9-11-16(12-10-15)24-19(22)17-5-3-4-6-18(17)23-14(2)21/h3-12H,1-2H3/b8-7+. The molecule has 0 fully saturated rings. The van der Waals surface area contributed by atoms with E-state index >= 15 is 0 Å². The van der Waals surface area contributed by atoms with Crippen LogP contribution >= 0.6 is 0 Å². The first-order valence-electron chi connectivity index (χ1n) is 7.24. The average molecular weight is 324 g/mol. The number of rotatable bonds is 5. The molecule has 0 unspecified atom stereocenters. The summed E-state index contributed by atoms with van der Waals surface area (Å²) in [5.74, 6) is -0.697. The maximum Gasteiger partial charge on any atom is 0.347 e. The van der Waals surface area contributed by atoms with E-state index in [2.05, 4.69) is 0 Å². The van der Waals surface area contributed by atoms with E-state index in [0.29, 0.717) is 5.75 Å². The van der Waals surface area contributed by atoms with Gasteiger partial charge in [0, 0.05) is 6.92 Å². The van der Waals surface area contributed by atoms with E-state index in [1.807, 2.05) is 0 Å². The van der Waals surface area contributed by atoms with Crippen LogP contribution in [-0.2, 0) is 9.59 Å². The fourth-order valence-corrected chi connectivity index (χ4v) is 1.90. The van der Waals surface area contributed by atoms with Crippen molar-refractivity contribution in [2.75, 3.05) is 0 Å². The Hall–Kier alpha value is -3.21. The van der Waals surface area contributed by atoms with Crippen LogP contribution < -0.4 is 9.47 Å². The predicted octanol–water partition coefficient (Wildman–Crippen LogP) is 3.43. The van der Waals surface area contributed by atoms with Crippen LogP contribution in [0.3, 0.4) is 0 Å². The number of carbonyl (C=O) groups is 3. The molecule has 0 aliphatic rings. The summed E-state index contributed by atoms with van der Waals surface area (Å²) < 4.78 is 10.3. The molecule has 5 nitrogen and oxygen atoms in total. The van der Waals surface area contributed by atoms with Crippen LogP contribution in [0.25, 0.3) is 6.08 Å². The first kappa shape index (κ1) is 17.1. The van der Waals surface area contributed by atoms with Gasteiger partial charge in [0.15, 0.2) is 5.78 Å². The van der Waals surface area contributed by atoms with Gasteiger partial charge in [0.2, 0.25) is 0 Å². The van der Waals surface area contributed by atoms with Crippen molar-refractivity contribution in [1.82, 2.24) is 0 Å². The summed E-state index contributed by atoms with van der Waals surface area (Å²) in [4.78, 5) is 34.2. The monoisotopic (exact) mass is 324 g/mol. The number of ketones is 1. The minimum absolute atomic E-state index is 0.0485. The molecule has 24 heavy (non-hydrogen) atoms. The van der Waals surface area contributed by atoms with Gasteiger partial charge in [0.25, 0.3) is 0 Å². The lowest BCUT2D eigenvalue weighted by atomic mass is 10.2. The van der Waals surface area contributed by atoms with Gasteiger partial charge in [-0.3, -0.25) is 9.59 Å². The minimum atomic E-state index is -0.626. The molecule has 122 valence electrons. The first-order chi connectivity index (χ1) is 11.5. The normalized spacial score (nSPS) is 10.4. The smallest absolute Gasteiger partial charge is 0.347 e. The van der Waals surface area contributed by atoms with E-state index in [9.17, 15) is 14.4 Å². The highest BCUT2D eigenvalue weighted by atomic mass is 16.5. The second kappa shape index (κ2) is 7.87. The third-order valence-corrected chi connectivity index (χ3v) is 2.96. The average Bonchev–Trinajstić information content (AvgIpc) is 2.54. The van der Waals surface area contributed by atoms with Gasteiger partial charge in [-0.15, -0.1) is 0 Å². The Morgan fingerprint density at radius 3 is 2.17 bits per heavy atom. The van der Waals surface area contributed by atoms with Crippen molar-refractivity contribution < 1.29 is 23.9 Å². The number of para-hydroxylation sites is 1. The highest BCUT2D eigenvalue weighted by Gasteiger charge is 2.15. The van der Waals surface area contributed by atoms with Crippen molar-refractivity contribution in [1.29, 1.82) is 0 Å². The van der Waals surface area contributed by atoms with Crippen molar-refractivity contribution in [3.63, 3.8) is 0 Å². The Balaban J connectivity index is 2.12. The Morgan fingerprint density at radius 2 is 1.54 bits per heavy atom. The van der Waals surface area contributed by atoms with Gasteiger partial charge in [-0.25, -0.2) is 4.79 Å². The zero-order valence-electron chi connectivity index (χ0n) is 13.3. The van der Waals surface area contributed by atoms with Gasteiger partial charge in [-0.1, -0.05) is 30.3 Å². The third-order valence-electron chi connectivity index (χ3n) is 2.96. The summed E-state index contributed by atoms with van der Waals surface area (Å²) in [6, 6.07) is 13.0. The number of hydrogen-bond donors (Lipinski definition) is 0. The maximum atomic E-state index is 12.2. The van der Waals surface area contributed by atoms with Crippen molar-refractivity contribution in [3.8, 4) is 11.5 Å². The van der Waals surface area contributed by atoms with Crippen LogP contribution in [0.1, 0.15) is 29.8 Å². The molecule has 0 amide bonds. The van der Waals surface area contributed by atoms with Crippen LogP contribution in [0, 0.1) is 0 Å². The largest absolute Gasteiger partial charge is 0.426 e. The van der Waals surface area contributed by atoms with Gasteiger partial charge in [0.05, 0.1) is 0 Å². The molecule has 0 N–H and O–H groups in total. The van der Waals surface area contributed by atoms with Gasteiger partial charge < -0.3 is 9.47 Å². The van der Waals surface area contributed by atoms with E-state index in [0.717, 1.165) is 5.56 Å². The van der Waals surface area contributed by atoms with E-state index in [-0.39, 0.29) is 17.1 Å². The number of carbonyl (C=O) groups excluding carboxylic acids is 3. The van der Waals surface area contributed by atoms with E-state index in [1.54, 1.807) is 42.5 Å². The van der Waals surface area contributed by atoms with Gasteiger partial charge in [-0.2, -0.15) is 0 Å². The van der Waals surface area contributed by atoms with Gasteiger partial charge in [-0.05, 0) is 42.8 Å². The first-order valence-corrected chi connectivity index (χ1v) is 7.24. The molecule has 2 aromatic rings. The Morgan fingerprint density at radius 1 is 0.875 bits per heavy atom. The lowest BCUT2D eigenvalue weighted by molar-refractivity contribution is -0.131. The molecule has 0 aliphatic heterocycles.